The first-order valence-corrected chi connectivity index (χ1v) is 4.58. The Morgan fingerprint density at radius 1 is 0.615 bits per heavy atom. The van der Waals surface area contributed by atoms with Gasteiger partial charge in [-0.05, 0) is 0 Å². The Kier molecular flexibility index (Phi) is 5.98. The van der Waals surface area contributed by atoms with Gasteiger partial charge in [-0.1, -0.05) is 0 Å². The molecular weight excluding hydrogens is 166 g/mol. The minimum Gasteiger partial charge on any atom is -0.331 e. The van der Waals surface area contributed by atoms with Crippen LogP contribution in [0.1, 0.15) is 0 Å². The zero-order valence-electron chi connectivity index (χ0n) is 7.74. The average molecular weight is 183 g/mol. The molecule has 0 saturated carbocycles. The van der Waals surface area contributed by atoms with E-state index in [4.69, 9.17) is 0 Å². The topological polar surface area (TPSA) is 60.1 Å². The Balaban J connectivity index is 2.12. The van der Waals surface area contributed by atoms with Gasteiger partial charge >= 0.3 is 0 Å². The third kappa shape index (κ3) is 6.22. The summed E-state index contributed by atoms with van der Waals surface area (Å²) in [4.78, 5) is 0. The predicted molar refractivity (Wildman–Crippen MR) is 52.7 cm³/mol. The van der Waals surface area contributed by atoms with Crippen molar-refractivity contribution in [2.45, 2.75) is 0 Å². The molecule has 5 N–H and O–H groups in total. The van der Waals surface area contributed by atoms with Crippen molar-refractivity contribution < 1.29 is 0 Å². The van der Waals surface area contributed by atoms with Gasteiger partial charge < -0.3 is 16.0 Å². The van der Waals surface area contributed by atoms with Gasteiger partial charge in [-0.3, -0.25) is 10.6 Å². The van der Waals surface area contributed by atoms with Gasteiger partial charge in [0.15, 0.2) is 0 Å². The molecule has 5 heteroatoms. The fourth-order valence-corrected chi connectivity index (χ4v) is 0.957. The number of hydrogen-bond acceptors (Lipinski definition) is 5. The average Bonchev–Trinajstić information content (AvgIpc) is 2.18. The molecule has 13 heavy (non-hydrogen) atoms. The van der Waals surface area contributed by atoms with E-state index in [0.29, 0.717) is 0 Å². The van der Waals surface area contributed by atoms with Crippen LogP contribution in [0.5, 0.6) is 0 Å². The molecule has 74 valence electrons. The lowest BCUT2D eigenvalue weighted by atomic mass is 10.5. The molecule has 0 unspecified atom stereocenters. The van der Waals surface area contributed by atoms with Crippen molar-refractivity contribution in [3.8, 4) is 12.1 Å². The number of rotatable bonds is 0. The molecule has 0 fully saturated rings. The Morgan fingerprint density at radius 3 is 1.62 bits per heavy atom. The van der Waals surface area contributed by atoms with Crippen molar-refractivity contribution in [2.24, 2.45) is 0 Å². The molecule has 1 aliphatic rings. The molecule has 0 bridgehead atoms. The Labute approximate surface area is 79.0 Å². The monoisotopic (exact) mass is 183 g/mol. The molecule has 0 aromatic rings. The van der Waals surface area contributed by atoms with Gasteiger partial charge in [0.1, 0.15) is 0 Å². The van der Waals surface area contributed by atoms with E-state index >= 15 is 0 Å². The Hall–Kier alpha value is -0.960. The van der Waals surface area contributed by atoms with Gasteiger partial charge in [-0.2, -0.15) is 0 Å². The lowest BCUT2D eigenvalue weighted by Crippen LogP contribution is -2.35. The highest BCUT2D eigenvalue weighted by Gasteiger charge is 1.88. The van der Waals surface area contributed by atoms with E-state index in [1.807, 2.05) is 0 Å². The van der Waals surface area contributed by atoms with Crippen molar-refractivity contribution >= 4 is 0 Å². The van der Waals surface area contributed by atoms with E-state index in [-0.39, 0.29) is 0 Å². The standard InChI is InChI=1S/C8H17N5/c1-3-10-7-12-5-6-13-8-11-4-2-9-1/h9-13H,1-4,7-8H2. The Bertz CT molecular complexity index is 155. The van der Waals surface area contributed by atoms with E-state index in [1.165, 1.54) is 0 Å². The second-order valence-electron chi connectivity index (χ2n) is 2.71. The third-order valence-corrected chi connectivity index (χ3v) is 1.62. The van der Waals surface area contributed by atoms with Gasteiger partial charge in [0, 0.05) is 38.3 Å². The zero-order valence-corrected chi connectivity index (χ0v) is 7.74. The largest absolute Gasteiger partial charge is 0.331 e. The highest BCUT2D eigenvalue weighted by molar-refractivity contribution is 4.93. The van der Waals surface area contributed by atoms with Gasteiger partial charge in [0.05, 0.1) is 13.3 Å². The van der Waals surface area contributed by atoms with Crippen LogP contribution in [-0.2, 0) is 0 Å². The molecule has 5 nitrogen and oxygen atoms in total. The molecule has 1 heterocycles. The lowest BCUT2D eigenvalue weighted by Gasteiger charge is -2.05. The highest BCUT2D eigenvalue weighted by atomic mass is 15.1. The lowest BCUT2D eigenvalue weighted by molar-refractivity contribution is 0.573. The summed E-state index contributed by atoms with van der Waals surface area (Å²) in [5.41, 5.74) is 0. The van der Waals surface area contributed by atoms with Gasteiger partial charge in [-0.25, -0.2) is 0 Å². The minimum atomic E-state index is 0.726. The fraction of sp³-hybridized carbons (Fsp3) is 0.750. The fourth-order valence-electron chi connectivity index (χ4n) is 0.957. The van der Waals surface area contributed by atoms with Crippen LogP contribution in [0.15, 0.2) is 0 Å². The maximum atomic E-state index is 3.30. The van der Waals surface area contributed by atoms with Gasteiger partial charge in [0.25, 0.3) is 0 Å². The van der Waals surface area contributed by atoms with Crippen LogP contribution >= 0.6 is 0 Å². The van der Waals surface area contributed by atoms with Crippen LogP contribution in [0.4, 0.5) is 0 Å². The summed E-state index contributed by atoms with van der Waals surface area (Å²) in [7, 11) is 0. The van der Waals surface area contributed by atoms with E-state index in [2.05, 4.69) is 38.7 Å². The summed E-state index contributed by atoms with van der Waals surface area (Å²) in [6.07, 6.45) is 0. The van der Waals surface area contributed by atoms with Crippen molar-refractivity contribution in [2.75, 3.05) is 39.5 Å². The summed E-state index contributed by atoms with van der Waals surface area (Å²) < 4.78 is 0. The van der Waals surface area contributed by atoms with Crippen molar-refractivity contribution in [3.63, 3.8) is 0 Å². The van der Waals surface area contributed by atoms with E-state index < -0.39 is 0 Å². The third-order valence-electron chi connectivity index (χ3n) is 1.62. The van der Waals surface area contributed by atoms with Crippen LogP contribution in [0, 0.1) is 12.1 Å². The van der Waals surface area contributed by atoms with Gasteiger partial charge in [-0.15, -0.1) is 0 Å². The first-order chi connectivity index (χ1) is 6.50. The van der Waals surface area contributed by atoms with E-state index in [9.17, 15) is 0 Å². The van der Waals surface area contributed by atoms with Crippen molar-refractivity contribution in [1.29, 1.82) is 0 Å². The molecule has 0 saturated heterocycles. The normalized spacial score (nSPS) is 20.3. The first kappa shape index (κ1) is 10.1. The Morgan fingerprint density at radius 2 is 1.08 bits per heavy atom. The molecule has 0 aromatic carbocycles. The molecule has 0 radical (unpaired) electrons. The molecule has 0 spiro atoms. The summed E-state index contributed by atoms with van der Waals surface area (Å²) in [5.74, 6) is 0. The summed E-state index contributed by atoms with van der Waals surface area (Å²) in [6.45, 7) is 5.35. The zero-order chi connectivity index (χ0) is 9.19. The van der Waals surface area contributed by atoms with Crippen LogP contribution in [0.25, 0.3) is 0 Å². The molecule has 0 aliphatic carbocycles. The first-order valence-electron chi connectivity index (χ1n) is 4.58. The van der Waals surface area contributed by atoms with Crippen LogP contribution in [0.2, 0.25) is 0 Å². The van der Waals surface area contributed by atoms with Crippen LogP contribution in [-0.4, -0.2) is 39.5 Å². The van der Waals surface area contributed by atoms with Crippen LogP contribution < -0.4 is 26.6 Å². The molecule has 0 atom stereocenters. The summed E-state index contributed by atoms with van der Waals surface area (Å²) in [6, 6.07) is 5.58. The van der Waals surface area contributed by atoms with Crippen LogP contribution in [0.3, 0.4) is 0 Å². The van der Waals surface area contributed by atoms with Gasteiger partial charge in [0.2, 0.25) is 0 Å². The molecule has 0 aromatic heterocycles. The summed E-state index contributed by atoms with van der Waals surface area (Å²) >= 11 is 0. The number of nitrogens with one attached hydrogen (secondary N) is 5. The second-order valence-corrected chi connectivity index (χ2v) is 2.71. The molecular formula is C8H17N5. The number of hydrogen-bond donors (Lipinski definition) is 5. The SMILES string of the molecule is C1#CNCNCCNCCNCN1. The second kappa shape index (κ2) is 7.68. The predicted octanol–water partition coefficient (Wildman–Crippen LogP) is -2.22. The smallest absolute Gasteiger partial charge is 0.0730 e. The van der Waals surface area contributed by atoms with E-state index in [0.717, 1.165) is 39.5 Å². The van der Waals surface area contributed by atoms with Crippen molar-refractivity contribution in [3.05, 3.63) is 0 Å². The maximum Gasteiger partial charge on any atom is 0.0730 e. The molecule has 1 rings (SSSR count). The highest BCUT2D eigenvalue weighted by Crippen LogP contribution is 1.61. The molecule has 0 amide bonds. The minimum absolute atomic E-state index is 0.726. The maximum absolute atomic E-state index is 3.30. The van der Waals surface area contributed by atoms with E-state index in [1.54, 1.807) is 0 Å². The summed E-state index contributed by atoms with van der Waals surface area (Å²) in [5, 5.41) is 15.6. The molecule has 1 aliphatic heterocycles. The van der Waals surface area contributed by atoms with Crippen molar-refractivity contribution in [1.82, 2.24) is 26.6 Å². The quantitative estimate of drug-likeness (QED) is 0.275.